The van der Waals surface area contributed by atoms with Crippen LogP contribution in [0.25, 0.3) is 0 Å². The molecule has 1 aromatic heterocycles. The van der Waals surface area contributed by atoms with Crippen LogP contribution in [0.5, 0.6) is 0 Å². The Balaban J connectivity index is 2.16. The van der Waals surface area contributed by atoms with Gasteiger partial charge in [0.05, 0.1) is 0 Å². The molecule has 1 unspecified atom stereocenters. The normalized spacial score (nSPS) is 24.1. The highest BCUT2D eigenvalue weighted by molar-refractivity contribution is 5.44. The fourth-order valence-electron chi connectivity index (χ4n) is 2.12. The van der Waals surface area contributed by atoms with Crippen molar-refractivity contribution in [1.82, 2.24) is 9.97 Å². The molecule has 0 radical (unpaired) electrons. The van der Waals surface area contributed by atoms with Crippen molar-refractivity contribution >= 4 is 11.8 Å². The highest BCUT2D eigenvalue weighted by Crippen LogP contribution is 2.31. The summed E-state index contributed by atoms with van der Waals surface area (Å²) in [5.74, 6) is 1.75. The Bertz CT molecular complexity index is 392. The number of aromatic nitrogens is 2. The third-order valence-electron chi connectivity index (χ3n) is 3.40. The number of hydrogen-bond acceptors (Lipinski definition) is 5. The molecule has 0 spiro atoms. The standard InChI is InChI=1S/C12H21N5/c1-12(8-13)5-7-17(9-12)10-4-6-14-11(15-10)16(2)3/h4,6H,5,7-9,13H2,1-3H3. The topological polar surface area (TPSA) is 58.3 Å². The van der Waals surface area contributed by atoms with Gasteiger partial charge in [-0.3, -0.25) is 0 Å². The lowest BCUT2D eigenvalue weighted by molar-refractivity contribution is 0.383. The Morgan fingerprint density at radius 1 is 1.53 bits per heavy atom. The molecule has 0 amide bonds. The van der Waals surface area contributed by atoms with E-state index in [0.29, 0.717) is 0 Å². The summed E-state index contributed by atoms with van der Waals surface area (Å²) in [6, 6.07) is 1.97. The first kappa shape index (κ1) is 12.1. The maximum Gasteiger partial charge on any atom is 0.226 e. The third-order valence-corrected chi connectivity index (χ3v) is 3.40. The Morgan fingerprint density at radius 3 is 2.88 bits per heavy atom. The minimum atomic E-state index is 0.225. The van der Waals surface area contributed by atoms with Crippen LogP contribution in [0.3, 0.4) is 0 Å². The summed E-state index contributed by atoms with van der Waals surface area (Å²) in [7, 11) is 3.90. The second kappa shape index (κ2) is 4.49. The summed E-state index contributed by atoms with van der Waals surface area (Å²) < 4.78 is 0. The van der Waals surface area contributed by atoms with Crippen LogP contribution in [-0.4, -0.2) is 43.7 Å². The Kier molecular flexibility index (Phi) is 3.19. The molecule has 1 atom stereocenters. The second-order valence-corrected chi connectivity index (χ2v) is 5.30. The molecule has 0 saturated carbocycles. The predicted octanol–water partition coefficient (Wildman–Crippen LogP) is 0.718. The lowest BCUT2D eigenvalue weighted by Crippen LogP contribution is -2.31. The molecule has 0 aliphatic carbocycles. The smallest absolute Gasteiger partial charge is 0.226 e. The Hall–Kier alpha value is -1.36. The van der Waals surface area contributed by atoms with Crippen molar-refractivity contribution in [2.24, 2.45) is 11.1 Å². The predicted molar refractivity (Wildman–Crippen MR) is 70.4 cm³/mol. The van der Waals surface area contributed by atoms with E-state index in [9.17, 15) is 0 Å². The van der Waals surface area contributed by atoms with Gasteiger partial charge in [-0.2, -0.15) is 4.98 Å². The highest BCUT2D eigenvalue weighted by Gasteiger charge is 2.33. The molecular formula is C12H21N5. The van der Waals surface area contributed by atoms with Gasteiger partial charge in [0.25, 0.3) is 0 Å². The SMILES string of the molecule is CN(C)c1nccc(N2CCC(C)(CN)C2)n1. The molecule has 1 aromatic rings. The molecular weight excluding hydrogens is 214 g/mol. The minimum Gasteiger partial charge on any atom is -0.356 e. The van der Waals surface area contributed by atoms with Gasteiger partial charge in [-0.25, -0.2) is 4.98 Å². The fourth-order valence-corrected chi connectivity index (χ4v) is 2.12. The molecule has 5 heteroatoms. The lowest BCUT2D eigenvalue weighted by Gasteiger charge is -2.23. The van der Waals surface area contributed by atoms with E-state index in [1.807, 2.05) is 31.3 Å². The molecule has 2 N–H and O–H groups in total. The molecule has 0 bridgehead atoms. The molecule has 1 saturated heterocycles. The Labute approximate surface area is 103 Å². The van der Waals surface area contributed by atoms with E-state index in [0.717, 1.165) is 37.8 Å². The largest absolute Gasteiger partial charge is 0.356 e. The van der Waals surface area contributed by atoms with Gasteiger partial charge in [0.15, 0.2) is 0 Å². The molecule has 1 fully saturated rings. The van der Waals surface area contributed by atoms with E-state index in [1.54, 1.807) is 0 Å². The first-order chi connectivity index (χ1) is 8.04. The van der Waals surface area contributed by atoms with Gasteiger partial charge < -0.3 is 15.5 Å². The van der Waals surface area contributed by atoms with Gasteiger partial charge >= 0.3 is 0 Å². The summed E-state index contributed by atoms with van der Waals surface area (Å²) in [6.45, 7) is 4.97. The number of hydrogen-bond donors (Lipinski definition) is 1. The lowest BCUT2D eigenvalue weighted by atomic mass is 9.90. The van der Waals surface area contributed by atoms with E-state index >= 15 is 0 Å². The summed E-state index contributed by atoms with van der Waals surface area (Å²) in [4.78, 5) is 13.0. The minimum absolute atomic E-state index is 0.225. The van der Waals surface area contributed by atoms with Crippen LogP contribution in [0, 0.1) is 5.41 Å². The van der Waals surface area contributed by atoms with Crippen molar-refractivity contribution < 1.29 is 0 Å². The quantitative estimate of drug-likeness (QED) is 0.836. The first-order valence-corrected chi connectivity index (χ1v) is 5.99. The van der Waals surface area contributed by atoms with Crippen molar-refractivity contribution in [2.45, 2.75) is 13.3 Å². The van der Waals surface area contributed by atoms with Gasteiger partial charge in [0, 0.05) is 33.4 Å². The van der Waals surface area contributed by atoms with Gasteiger partial charge in [0.1, 0.15) is 5.82 Å². The average molecular weight is 235 g/mol. The van der Waals surface area contributed by atoms with Crippen LogP contribution in [0.4, 0.5) is 11.8 Å². The summed E-state index contributed by atoms with van der Waals surface area (Å²) in [5, 5.41) is 0. The second-order valence-electron chi connectivity index (χ2n) is 5.30. The number of nitrogens with zero attached hydrogens (tertiary/aromatic N) is 4. The van der Waals surface area contributed by atoms with Crippen LogP contribution >= 0.6 is 0 Å². The number of nitrogens with two attached hydrogens (primary N) is 1. The van der Waals surface area contributed by atoms with Crippen LogP contribution in [0.15, 0.2) is 12.3 Å². The molecule has 1 aliphatic heterocycles. The van der Waals surface area contributed by atoms with E-state index in [-0.39, 0.29) is 5.41 Å². The van der Waals surface area contributed by atoms with E-state index in [2.05, 4.69) is 21.8 Å². The molecule has 1 aliphatic rings. The monoisotopic (exact) mass is 235 g/mol. The molecule has 2 rings (SSSR count). The van der Waals surface area contributed by atoms with Crippen LogP contribution in [0.1, 0.15) is 13.3 Å². The molecule has 94 valence electrons. The van der Waals surface area contributed by atoms with Gasteiger partial charge in [-0.05, 0) is 24.4 Å². The van der Waals surface area contributed by atoms with Crippen LogP contribution in [0.2, 0.25) is 0 Å². The zero-order chi connectivity index (χ0) is 12.5. The van der Waals surface area contributed by atoms with E-state index < -0.39 is 0 Å². The van der Waals surface area contributed by atoms with Crippen molar-refractivity contribution in [2.75, 3.05) is 43.5 Å². The maximum atomic E-state index is 5.82. The summed E-state index contributed by atoms with van der Waals surface area (Å²) in [6.07, 6.45) is 2.95. The molecule has 0 aromatic carbocycles. The highest BCUT2D eigenvalue weighted by atomic mass is 15.3. The van der Waals surface area contributed by atoms with Crippen LogP contribution < -0.4 is 15.5 Å². The van der Waals surface area contributed by atoms with Crippen molar-refractivity contribution in [3.63, 3.8) is 0 Å². The zero-order valence-electron chi connectivity index (χ0n) is 10.8. The zero-order valence-corrected chi connectivity index (χ0v) is 10.8. The van der Waals surface area contributed by atoms with E-state index in [4.69, 9.17) is 5.73 Å². The fraction of sp³-hybridized carbons (Fsp3) is 0.667. The van der Waals surface area contributed by atoms with Crippen molar-refractivity contribution in [3.8, 4) is 0 Å². The summed E-state index contributed by atoms with van der Waals surface area (Å²) in [5.41, 5.74) is 6.04. The maximum absolute atomic E-state index is 5.82. The molecule has 5 nitrogen and oxygen atoms in total. The van der Waals surface area contributed by atoms with E-state index in [1.165, 1.54) is 0 Å². The summed E-state index contributed by atoms with van der Waals surface area (Å²) >= 11 is 0. The number of anilines is 2. The van der Waals surface area contributed by atoms with Crippen molar-refractivity contribution in [3.05, 3.63) is 12.3 Å². The van der Waals surface area contributed by atoms with Gasteiger partial charge in [-0.1, -0.05) is 6.92 Å². The van der Waals surface area contributed by atoms with Crippen LogP contribution in [-0.2, 0) is 0 Å². The van der Waals surface area contributed by atoms with Gasteiger partial charge in [0.2, 0.25) is 5.95 Å². The first-order valence-electron chi connectivity index (χ1n) is 5.99. The molecule has 17 heavy (non-hydrogen) atoms. The third kappa shape index (κ3) is 2.49. The van der Waals surface area contributed by atoms with Crippen molar-refractivity contribution in [1.29, 1.82) is 0 Å². The number of rotatable bonds is 3. The average Bonchev–Trinajstić information content (AvgIpc) is 2.73. The Morgan fingerprint density at radius 2 is 2.29 bits per heavy atom. The van der Waals surface area contributed by atoms with Gasteiger partial charge in [-0.15, -0.1) is 0 Å². The molecule has 2 heterocycles.